The summed E-state index contributed by atoms with van der Waals surface area (Å²) < 4.78 is 37.0. The Kier molecular flexibility index (Phi) is 4.62. The van der Waals surface area contributed by atoms with Crippen molar-refractivity contribution in [2.24, 2.45) is 0 Å². The van der Waals surface area contributed by atoms with Crippen LogP contribution in [0.4, 0.5) is 4.39 Å². The molecule has 0 spiro atoms. The maximum atomic E-state index is 13.8. The number of nitrogens with one attached hydrogen (secondary N) is 1. The van der Waals surface area contributed by atoms with Crippen LogP contribution < -0.4 is 4.90 Å². The standard InChI is InChI=1S/C15H18ClFN2O3S/c16-11-1-2-14(17)13(9-11)15(20)19-6-4-18(5-7-19)12-3-8-23(21,22)10-12/h1-2,9,12H,3-8,10H2/p+1/t12-/m1/s1. The molecule has 1 N–H and O–H groups in total. The average Bonchev–Trinajstić information content (AvgIpc) is 2.89. The first-order chi connectivity index (χ1) is 10.9. The molecule has 3 rings (SSSR count). The van der Waals surface area contributed by atoms with Gasteiger partial charge >= 0.3 is 0 Å². The molecule has 2 aliphatic heterocycles. The van der Waals surface area contributed by atoms with Gasteiger partial charge in [0.25, 0.3) is 5.91 Å². The summed E-state index contributed by atoms with van der Waals surface area (Å²) in [7, 11) is -2.89. The molecule has 1 aromatic carbocycles. The first-order valence-corrected chi connectivity index (χ1v) is 9.85. The molecule has 2 saturated heterocycles. The third-order valence-electron chi connectivity index (χ3n) is 4.66. The number of quaternary nitrogens is 1. The van der Waals surface area contributed by atoms with Gasteiger partial charge in [-0.3, -0.25) is 4.79 Å². The lowest BCUT2D eigenvalue weighted by molar-refractivity contribution is -0.925. The number of piperazine rings is 1. The van der Waals surface area contributed by atoms with E-state index in [2.05, 4.69) is 0 Å². The predicted octanol–water partition coefficient (Wildman–Crippen LogP) is 0.00690. The zero-order chi connectivity index (χ0) is 16.6. The molecule has 0 radical (unpaired) electrons. The smallest absolute Gasteiger partial charge is 0.257 e. The zero-order valence-corrected chi connectivity index (χ0v) is 14.2. The number of hydrogen-bond acceptors (Lipinski definition) is 3. The van der Waals surface area contributed by atoms with E-state index >= 15 is 0 Å². The number of halogens is 2. The SMILES string of the molecule is O=C(c1cc(Cl)ccc1F)N1CC[NH+]([C@@H]2CCS(=O)(=O)C2)CC1. The molecule has 0 aliphatic carbocycles. The molecule has 0 bridgehead atoms. The first kappa shape index (κ1) is 16.7. The van der Waals surface area contributed by atoms with Gasteiger partial charge in [0.2, 0.25) is 0 Å². The fourth-order valence-electron chi connectivity index (χ4n) is 3.35. The molecule has 126 valence electrons. The molecule has 23 heavy (non-hydrogen) atoms. The molecular weight excluding hydrogens is 343 g/mol. The lowest BCUT2D eigenvalue weighted by Gasteiger charge is -2.35. The van der Waals surface area contributed by atoms with Crippen molar-refractivity contribution in [3.05, 3.63) is 34.6 Å². The number of amides is 1. The van der Waals surface area contributed by atoms with Gasteiger partial charge in [-0.2, -0.15) is 0 Å². The molecule has 2 aliphatic rings. The van der Waals surface area contributed by atoms with Gasteiger partial charge < -0.3 is 9.80 Å². The minimum atomic E-state index is -2.89. The Morgan fingerprint density at radius 3 is 2.61 bits per heavy atom. The molecule has 1 amide bonds. The van der Waals surface area contributed by atoms with Crippen LogP contribution in [0.5, 0.6) is 0 Å². The highest BCUT2D eigenvalue weighted by Crippen LogP contribution is 2.17. The molecule has 1 atom stereocenters. The van der Waals surface area contributed by atoms with Gasteiger partial charge in [-0.1, -0.05) is 11.6 Å². The van der Waals surface area contributed by atoms with E-state index in [1.807, 2.05) is 0 Å². The number of benzene rings is 1. The summed E-state index contributed by atoms with van der Waals surface area (Å²) in [6.07, 6.45) is 0.689. The molecule has 0 saturated carbocycles. The zero-order valence-electron chi connectivity index (χ0n) is 12.6. The molecule has 5 nitrogen and oxygen atoms in total. The van der Waals surface area contributed by atoms with Crippen molar-refractivity contribution >= 4 is 27.3 Å². The van der Waals surface area contributed by atoms with Gasteiger partial charge in [0.1, 0.15) is 17.6 Å². The second kappa shape index (κ2) is 6.37. The Balaban J connectivity index is 1.63. The van der Waals surface area contributed by atoms with Crippen molar-refractivity contribution in [3.63, 3.8) is 0 Å². The van der Waals surface area contributed by atoms with E-state index in [1.54, 1.807) is 4.90 Å². The van der Waals surface area contributed by atoms with E-state index in [0.717, 1.165) is 0 Å². The van der Waals surface area contributed by atoms with Crippen LogP contribution in [0, 0.1) is 5.82 Å². The van der Waals surface area contributed by atoms with Crippen molar-refractivity contribution < 1.29 is 22.5 Å². The van der Waals surface area contributed by atoms with Crippen LogP contribution in [-0.2, 0) is 9.84 Å². The molecule has 1 aromatic rings. The van der Waals surface area contributed by atoms with Gasteiger partial charge in [-0.05, 0) is 18.2 Å². The van der Waals surface area contributed by atoms with Crippen LogP contribution in [0.1, 0.15) is 16.8 Å². The van der Waals surface area contributed by atoms with E-state index < -0.39 is 15.7 Å². The van der Waals surface area contributed by atoms with Crippen LogP contribution in [0.15, 0.2) is 18.2 Å². The quantitative estimate of drug-likeness (QED) is 0.807. The molecular formula is C15H19ClFN2O3S+. The number of carbonyl (C=O) groups is 1. The summed E-state index contributed by atoms with van der Waals surface area (Å²) in [5.74, 6) is -0.435. The predicted molar refractivity (Wildman–Crippen MR) is 85.1 cm³/mol. The maximum Gasteiger partial charge on any atom is 0.257 e. The van der Waals surface area contributed by atoms with Crippen LogP contribution >= 0.6 is 11.6 Å². The summed E-state index contributed by atoms with van der Waals surface area (Å²) in [4.78, 5) is 15.3. The minimum absolute atomic E-state index is 0.00982. The van der Waals surface area contributed by atoms with Crippen molar-refractivity contribution in [3.8, 4) is 0 Å². The third kappa shape index (κ3) is 3.67. The molecule has 0 unspecified atom stereocenters. The number of sulfone groups is 1. The average molecular weight is 362 g/mol. The summed E-state index contributed by atoms with van der Waals surface area (Å²) in [6, 6.07) is 4.08. The fourth-order valence-corrected chi connectivity index (χ4v) is 5.35. The lowest BCUT2D eigenvalue weighted by Crippen LogP contribution is -3.18. The van der Waals surface area contributed by atoms with Gasteiger partial charge in [-0.25, -0.2) is 12.8 Å². The lowest BCUT2D eigenvalue weighted by atomic mass is 10.1. The van der Waals surface area contributed by atoms with E-state index in [0.29, 0.717) is 37.6 Å². The Hall–Kier alpha value is -1.18. The Morgan fingerprint density at radius 1 is 1.30 bits per heavy atom. The van der Waals surface area contributed by atoms with Crippen molar-refractivity contribution in [1.29, 1.82) is 0 Å². The second-order valence-corrected chi connectivity index (χ2v) is 8.84. The highest BCUT2D eigenvalue weighted by Gasteiger charge is 2.37. The van der Waals surface area contributed by atoms with E-state index in [1.165, 1.54) is 23.1 Å². The van der Waals surface area contributed by atoms with Crippen LogP contribution in [0.2, 0.25) is 5.02 Å². The monoisotopic (exact) mass is 361 g/mol. The van der Waals surface area contributed by atoms with Gasteiger partial charge in [-0.15, -0.1) is 0 Å². The summed E-state index contributed by atoms with van der Waals surface area (Å²) in [5, 5.41) is 0.329. The number of rotatable bonds is 2. The van der Waals surface area contributed by atoms with Crippen LogP contribution in [0.3, 0.4) is 0 Å². The van der Waals surface area contributed by atoms with E-state index in [9.17, 15) is 17.6 Å². The summed E-state index contributed by atoms with van der Waals surface area (Å²) in [6.45, 7) is 2.37. The summed E-state index contributed by atoms with van der Waals surface area (Å²) in [5.41, 5.74) is -0.00982. The first-order valence-electron chi connectivity index (χ1n) is 7.65. The molecule has 0 aromatic heterocycles. The molecule has 2 heterocycles. The number of carbonyl (C=O) groups excluding carboxylic acids is 1. The number of nitrogens with zero attached hydrogens (tertiary/aromatic N) is 1. The van der Waals surface area contributed by atoms with Crippen molar-refractivity contribution in [2.45, 2.75) is 12.5 Å². The van der Waals surface area contributed by atoms with Gasteiger partial charge in [0.05, 0.1) is 37.5 Å². The normalized spacial score (nSPS) is 24.8. The topological polar surface area (TPSA) is 58.9 Å². The summed E-state index contributed by atoms with van der Waals surface area (Å²) >= 11 is 5.84. The van der Waals surface area contributed by atoms with Crippen molar-refractivity contribution in [2.75, 3.05) is 37.7 Å². The fraction of sp³-hybridized carbons (Fsp3) is 0.533. The van der Waals surface area contributed by atoms with Crippen molar-refractivity contribution in [1.82, 2.24) is 4.90 Å². The third-order valence-corrected chi connectivity index (χ3v) is 6.66. The maximum absolute atomic E-state index is 13.8. The highest BCUT2D eigenvalue weighted by atomic mass is 35.5. The highest BCUT2D eigenvalue weighted by molar-refractivity contribution is 7.91. The molecule has 2 fully saturated rings. The largest absolute Gasteiger partial charge is 0.329 e. The van der Waals surface area contributed by atoms with Gasteiger partial charge in [0.15, 0.2) is 9.84 Å². The Morgan fingerprint density at radius 2 is 2.00 bits per heavy atom. The van der Waals surface area contributed by atoms with E-state index in [-0.39, 0.29) is 29.0 Å². The van der Waals surface area contributed by atoms with E-state index in [4.69, 9.17) is 11.6 Å². The van der Waals surface area contributed by atoms with Crippen LogP contribution in [-0.4, -0.2) is 63.0 Å². The number of hydrogen-bond donors (Lipinski definition) is 1. The van der Waals surface area contributed by atoms with Crippen LogP contribution in [0.25, 0.3) is 0 Å². The Bertz CT molecular complexity index is 717. The minimum Gasteiger partial charge on any atom is -0.329 e. The molecule has 8 heteroatoms. The van der Waals surface area contributed by atoms with Gasteiger partial charge in [0, 0.05) is 11.4 Å². The second-order valence-electron chi connectivity index (χ2n) is 6.17. The Labute approximate surface area is 139 Å².